The van der Waals surface area contributed by atoms with Crippen LogP contribution < -0.4 is 10.4 Å². The summed E-state index contributed by atoms with van der Waals surface area (Å²) in [5.74, 6) is 0.446. The van der Waals surface area contributed by atoms with Crippen molar-refractivity contribution in [2.24, 2.45) is 0 Å². The highest BCUT2D eigenvalue weighted by molar-refractivity contribution is 5.82. The average molecular weight is 422 g/mol. The minimum atomic E-state index is -0.383. The molecule has 4 rings (SSSR count). The summed E-state index contributed by atoms with van der Waals surface area (Å²) in [5, 5.41) is 0.883. The van der Waals surface area contributed by atoms with E-state index < -0.39 is 0 Å². The van der Waals surface area contributed by atoms with Gasteiger partial charge in [0.05, 0.1) is 12.7 Å². The molecule has 0 unspecified atom stereocenters. The first-order valence-corrected chi connectivity index (χ1v) is 10.6. The van der Waals surface area contributed by atoms with Gasteiger partial charge in [-0.2, -0.15) is 0 Å². The number of amides is 1. The van der Waals surface area contributed by atoms with Crippen molar-refractivity contribution >= 4 is 16.9 Å². The zero-order valence-electron chi connectivity index (χ0n) is 17.6. The van der Waals surface area contributed by atoms with Gasteiger partial charge in [-0.25, -0.2) is 4.79 Å². The SMILES string of the molecule is CCc1cc(=O)oc2cc(OCC(=O)N3CCC(OCc4cccnc4)CC3)ccc12. The van der Waals surface area contributed by atoms with Crippen molar-refractivity contribution in [2.75, 3.05) is 19.7 Å². The van der Waals surface area contributed by atoms with E-state index in [0.717, 1.165) is 35.8 Å². The van der Waals surface area contributed by atoms with Crippen LogP contribution in [0.1, 0.15) is 30.9 Å². The molecule has 2 aromatic heterocycles. The third-order valence-corrected chi connectivity index (χ3v) is 5.55. The molecule has 3 heterocycles. The van der Waals surface area contributed by atoms with Gasteiger partial charge in [-0.3, -0.25) is 9.78 Å². The number of carbonyl (C=O) groups excluding carboxylic acids is 1. The molecule has 0 saturated carbocycles. The van der Waals surface area contributed by atoms with Crippen LogP contribution in [0.25, 0.3) is 11.0 Å². The first kappa shape index (κ1) is 21.1. The molecule has 162 valence electrons. The Morgan fingerprint density at radius 2 is 2.06 bits per heavy atom. The highest BCUT2D eigenvalue weighted by Gasteiger charge is 2.23. The number of hydrogen-bond donors (Lipinski definition) is 0. The molecule has 7 nitrogen and oxygen atoms in total. The monoisotopic (exact) mass is 422 g/mol. The molecule has 0 N–H and O–H groups in total. The number of rotatable bonds is 7. The van der Waals surface area contributed by atoms with E-state index in [1.54, 1.807) is 29.4 Å². The number of likely N-dealkylation sites (tertiary alicyclic amines) is 1. The van der Waals surface area contributed by atoms with Crippen molar-refractivity contribution in [3.8, 4) is 5.75 Å². The van der Waals surface area contributed by atoms with Gasteiger partial charge in [-0.15, -0.1) is 0 Å². The van der Waals surface area contributed by atoms with E-state index in [4.69, 9.17) is 13.9 Å². The minimum Gasteiger partial charge on any atom is -0.484 e. The molecule has 1 aliphatic rings. The van der Waals surface area contributed by atoms with Crippen LogP contribution in [0.4, 0.5) is 0 Å². The van der Waals surface area contributed by atoms with Crippen molar-refractivity contribution in [3.05, 3.63) is 70.3 Å². The number of piperidine rings is 1. The van der Waals surface area contributed by atoms with Crippen molar-refractivity contribution in [1.29, 1.82) is 0 Å². The highest BCUT2D eigenvalue weighted by Crippen LogP contribution is 2.23. The molecule has 31 heavy (non-hydrogen) atoms. The maximum absolute atomic E-state index is 12.6. The van der Waals surface area contributed by atoms with Gasteiger partial charge in [0.2, 0.25) is 0 Å². The van der Waals surface area contributed by atoms with Gasteiger partial charge in [-0.1, -0.05) is 13.0 Å². The minimum absolute atomic E-state index is 0.0512. The Labute approximate surface area is 180 Å². The number of carbonyl (C=O) groups is 1. The smallest absolute Gasteiger partial charge is 0.336 e. The van der Waals surface area contributed by atoms with E-state index in [1.165, 1.54) is 6.07 Å². The highest BCUT2D eigenvalue weighted by atomic mass is 16.5. The Morgan fingerprint density at radius 1 is 1.23 bits per heavy atom. The van der Waals surface area contributed by atoms with E-state index in [9.17, 15) is 9.59 Å². The third kappa shape index (κ3) is 5.30. The van der Waals surface area contributed by atoms with E-state index in [2.05, 4.69) is 4.98 Å². The van der Waals surface area contributed by atoms with E-state index in [1.807, 2.05) is 25.1 Å². The van der Waals surface area contributed by atoms with Crippen LogP contribution in [0.2, 0.25) is 0 Å². The Morgan fingerprint density at radius 3 is 2.81 bits per heavy atom. The summed E-state index contributed by atoms with van der Waals surface area (Å²) in [7, 11) is 0. The lowest BCUT2D eigenvalue weighted by molar-refractivity contribution is -0.136. The molecule has 1 aromatic carbocycles. The van der Waals surface area contributed by atoms with Gasteiger partial charge in [0.15, 0.2) is 6.61 Å². The maximum Gasteiger partial charge on any atom is 0.336 e. The van der Waals surface area contributed by atoms with E-state index >= 15 is 0 Å². The van der Waals surface area contributed by atoms with E-state index in [0.29, 0.717) is 31.0 Å². The van der Waals surface area contributed by atoms with Crippen molar-refractivity contribution in [3.63, 3.8) is 0 Å². The molecule has 1 amide bonds. The number of nitrogens with zero attached hydrogens (tertiary/aromatic N) is 2. The number of fused-ring (bicyclic) bond motifs is 1. The van der Waals surface area contributed by atoms with Gasteiger partial charge >= 0.3 is 5.63 Å². The summed E-state index contributed by atoms with van der Waals surface area (Å²) in [6, 6.07) is 10.7. The van der Waals surface area contributed by atoms with Gasteiger partial charge in [-0.05, 0) is 48.6 Å². The molecule has 0 spiro atoms. The van der Waals surface area contributed by atoms with Crippen LogP contribution in [-0.4, -0.2) is 41.6 Å². The van der Waals surface area contributed by atoms with Gasteiger partial charge in [0.1, 0.15) is 11.3 Å². The van der Waals surface area contributed by atoms with E-state index in [-0.39, 0.29) is 24.2 Å². The summed E-state index contributed by atoms with van der Waals surface area (Å²) in [4.78, 5) is 30.2. The second kappa shape index (κ2) is 9.75. The Bertz CT molecular complexity index is 1090. The summed E-state index contributed by atoms with van der Waals surface area (Å²) >= 11 is 0. The normalized spacial score (nSPS) is 14.7. The topological polar surface area (TPSA) is 81.9 Å². The molecule has 7 heteroatoms. The lowest BCUT2D eigenvalue weighted by Gasteiger charge is -2.32. The van der Waals surface area contributed by atoms with Crippen LogP contribution in [0.3, 0.4) is 0 Å². The lowest BCUT2D eigenvalue weighted by atomic mass is 10.1. The fraction of sp³-hybridized carbons (Fsp3) is 0.375. The van der Waals surface area contributed by atoms with Crippen molar-refractivity contribution in [2.45, 2.75) is 38.9 Å². The predicted molar refractivity (Wildman–Crippen MR) is 116 cm³/mol. The fourth-order valence-corrected chi connectivity index (χ4v) is 3.80. The largest absolute Gasteiger partial charge is 0.484 e. The molecule has 1 aliphatic heterocycles. The van der Waals surface area contributed by atoms with Crippen molar-refractivity contribution < 1.29 is 18.7 Å². The standard InChI is InChI=1S/C24H26N2O5/c1-2-18-12-24(28)31-22-13-20(5-6-21(18)22)30-16-23(27)26-10-7-19(8-11-26)29-15-17-4-3-9-25-14-17/h3-6,9,12-14,19H,2,7-8,10-11,15-16H2,1H3. The summed E-state index contributed by atoms with van der Waals surface area (Å²) < 4.78 is 16.9. The zero-order chi connectivity index (χ0) is 21.6. The summed E-state index contributed by atoms with van der Waals surface area (Å²) in [5.41, 5.74) is 2.07. The Kier molecular flexibility index (Phi) is 6.62. The number of aryl methyl sites for hydroxylation is 1. The van der Waals surface area contributed by atoms with Crippen LogP contribution in [-0.2, 0) is 22.6 Å². The van der Waals surface area contributed by atoms with Crippen LogP contribution in [0.5, 0.6) is 5.75 Å². The average Bonchev–Trinajstić information content (AvgIpc) is 2.81. The molecular weight excluding hydrogens is 396 g/mol. The second-order valence-electron chi connectivity index (χ2n) is 7.64. The van der Waals surface area contributed by atoms with Gasteiger partial charge in [0, 0.05) is 43.0 Å². The molecule has 0 atom stereocenters. The molecule has 0 bridgehead atoms. The second-order valence-corrected chi connectivity index (χ2v) is 7.64. The van der Waals surface area contributed by atoms with Crippen LogP contribution in [0, 0.1) is 0 Å². The van der Waals surface area contributed by atoms with Crippen molar-refractivity contribution in [1.82, 2.24) is 9.88 Å². The first-order valence-electron chi connectivity index (χ1n) is 10.6. The molecule has 0 aliphatic carbocycles. The Hall–Kier alpha value is -3.19. The lowest BCUT2D eigenvalue weighted by Crippen LogP contribution is -2.42. The zero-order valence-corrected chi connectivity index (χ0v) is 17.6. The number of benzene rings is 1. The van der Waals surface area contributed by atoms with Crippen LogP contribution in [0.15, 0.2) is 58.0 Å². The molecule has 1 saturated heterocycles. The molecule has 0 radical (unpaired) electrons. The third-order valence-electron chi connectivity index (χ3n) is 5.55. The fourth-order valence-electron chi connectivity index (χ4n) is 3.80. The number of aromatic nitrogens is 1. The summed E-state index contributed by atoms with van der Waals surface area (Å²) in [6.45, 7) is 3.76. The molecular formula is C24H26N2O5. The Balaban J connectivity index is 1.27. The number of ether oxygens (including phenoxy) is 2. The van der Waals surface area contributed by atoms with Crippen LogP contribution >= 0.6 is 0 Å². The molecule has 3 aromatic rings. The summed E-state index contributed by atoms with van der Waals surface area (Å²) in [6.07, 6.45) is 6.02. The van der Waals surface area contributed by atoms with Gasteiger partial charge in [0.25, 0.3) is 5.91 Å². The number of hydrogen-bond acceptors (Lipinski definition) is 6. The predicted octanol–water partition coefficient (Wildman–Crippen LogP) is 3.34. The number of pyridine rings is 1. The quantitative estimate of drug-likeness (QED) is 0.543. The van der Waals surface area contributed by atoms with Gasteiger partial charge < -0.3 is 18.8 Å². The maximum atomic E-state index is 12.6. The molecule has 1 fully saturated rings. The first-order chi connectivity index (χ1) is 15.1.